The molecule has 3 heterocycles. The van der Waals surface area contributed by atoms with Gasteiger partial charge in [0.15, 0.2) is 4.96 Å². The van der Waals surface area contributed by atoms with E-state index in [9.17, 15) is 9.59 Å². The van der Waals surface area contributed by atoms with E-state index in [1.807, 2.05) is 87.7 Å². The first kappa shape index (κ1) is 20.5. The van der Waals surface area contributed by atoms with E-state index >= 15 is 0 Å². The van der Waals surface area contributed by atoms with E-state index in [1.54, 1.807) is 11.3 Å². The number of fused-ring (bicyclic) bond motifs is 1. The fraction of sp³-hybridized carbons (Fsp3) is 0.240. The summed E-state index contributed by atoms with van der Waals surface area (Å²) in [6, 6.07) is 19.5. The Balaban J connectivity index is 1.39. The van der Waals surface area contributed by atoms with Gasteiger partial charge in [-0.3, -0.25) is 14.0 Å². The number of nitrogens with zero attached hydrogens (tertiary/aromatic N) is 3. The molecule has 0 spiro atoms. The van der Waals surface area contributed by atoms with Crippen molar-refractivity contribution in [3.8, 4) is 0 Å². The molecule has 6 nitrogen and oxygen atoms in total. The van der Waals surface area contributed by atoms with Crippen LogP contribution in [0.5, 0.6) is 0 Å². The molecule has 1 aliphatic rings. The van der Waals surface area contributed by atoms with Crippen LogP contribution in [0.3, 0.4) is 0 Å². The van der Waals surface area contributed by atoms with Crippen LogP contribution in [-0.4, -0.2) is 26.1 Å². The predicted molar refractivity (Wildman–Crippen MR) is 124 cm³/mol. The summed E-state index contributed by atoms with van der Waals surface area (Å²) in [5.74, 6) is -0.274. The second-order valence-electron chi connectivity index (χ2n) is 8.05. The second-order valence-corrected chi connectivity index (χ2v) is 8.92. The minimum absolute atomic E-state index is 0.0410. The first-order valence-electron chi connectivity index (χ1n) is 10.8. The highest BCUT2D eigenvalue weighted by Gasteiger charge is 2.40. The molecule has 32 heavy (non-hydrogen) atoms. The molecule has 2 unspecified atom stereocenters. The summed E-state index contributed by atoms with van der Waals surface area (Å²) < 4.78 is 1.96. The van der Waals surface area contributed by atoms with Gasteiger partial charge in [-0.05, 0) is 17.5 Å². The number of hydrogen-bond donors (Lipinski definition) is 1. The minimum atomic E-state index is -0.317. The molecule has 4 aromatic rings. The van der Waals surface area contributed by atoms with Crippen molar-refractivity contribution in [2.45, 2.75) is 32.0 Å². The van der Waals surface area contributed by atoms with E-state index in [0.717, 1.165) is 21.8 Å². The van der Waals surface area contributed by atoms with Crippen LogP contribution in [0, 0.1) is 5.92 Å². The molecule has 2 atom stereocenters. The predicted octanol–water partition coefficient (Wildman–Crippen LogP) is 4.19. The molecule has 0 saturated carbocycles. The van der Waals surface area contributed by atoms with Gasteiger partial charge in [0.05, 0.1) is 24.2 Å². The molecule has 0 bridgehead atoms. The van der Waals surface area contributed by atoms with Crippen LogP contribution in [0.25, 0.3) is 4.96 Å². The van der Waals surface area contributed by atoms with Crippen molar-refractivity contribution in [2.75, 3.05) is 0 Å². The molecule has 1 saturated heterocycles. The van der Waals surface area contributed by atoms with Crippen molar-refractivity contribution >= 4 is 28.1 Å². The number of hydrogen-bond acceptors (Lipinski definition) is 4. The third-order valence-electron chi connectivity index (χ3n) is 5.97. The van der Waals surface area contributed by atoms with Crippen LogP contribution < -0.4 is 5.32 Å². The Morgan fingerprint density at radius 1 is 1.09 bits per heavy atom. The molecular formula is C25H24N4O2S. The molecule has 0 aliphatic carbocycles. The van der Waals surface area contributed by atoms with E-state index in [0.29, 0.717) is 25.9 Å². The quantitative estimate of drug-likeness (QED) is 0.485. The maximum Gasteiger partial charge on any atom is 0.225 e. The zero-order valence-corrected chi connectivity index (χ0v) is 18.4. The van der Waals surface area contributed by atoms with E-state index < -0.39 is 0 Å². The normalized spacial score (nSPS) is 18.8. The Morgan fingerprint density at radius 3 is 2.59 bits per heavy atom. The Hall–Kier alpha value is -3.45. The molecule has 2 aromatic carbocycles. The third kappa shape index (κ3) is 4.16. The summed E-state index contributed by atoms with van der Waals surface area (Å²) in [5, 5.41) is 5.05. The molecule has 162 valence electrons. The first-order valence-corrected chi connectivity index (χ1v) is 11.6. The maximum absolute atomic E-state index is 13.3. The topological polar surface area (TPSA) is 66.7 Å². The van der Waals surface area contributed by atoms with E-state index in [-0.39, 0.29) is 23.8 Å². The summed E-state index contributed by atoms with van der Waals surface area (Å²) in [6.45, 7) is 0.859. The first-order chi connectivity index (χ1) is 15.7. The minimum Gasteiger partial charge on any atom is -0.350 e. The third-order valence-corrected chi connectivity index (χ3v) is 6.74. The number of amides is 2. The van der Waals surface area contributed by atoms with Crippen molar-refractivity contribution in [3.05, 3.63) is 95.3 Å². The lowest BCUT2D eigenvalue weighted by Crippen LogP contribution is -2.47. The Labute approximate surface area is 190 Å². The Bertz CT molecular complexity index is 1190. The standard InChI is InChI=1S/C25H24N4O2S/c30-22-12-11-21(24(31)26-15-20-17-28-13-14-32-25(28)27-20)23(19-9-5-2-6-10-19)29(22)16-18-7-3-1-4-8-18/h1-10,13-14,17,21,23H,11-12,15-16H2,(H,26,31). The van der Waals surface area contributed by atoms with Gasteiger partial charge in [-0.15, -0.1) is 11.3 Å². The van der Waals surface area contributed by atoms with Crippen LogP contribution >= 0.6 is 11.3 Å². The Morgan fingerprint density at radius 2 is 1.84 bits per heavy atom. The van der Waals surface area contributed by atoms with E-state index in [1.165, 1.54) is 0 Å². The maximum atomic E-state index is 13.3. The van der Waals surface area contributed by atoms with Crippen LogP contribution in [0.2, 0.25) is 0 Å². The zero-order valence-electron chi connectivity index (χ0n) is 17.6. The number of imidazole rings is 1. The number of aromatic nitrogens is 2. The number of likely N-dealkylation sites (tertiary alicyclic amines) is 1. The molecular weight excluding hydrogens is 420 g/mol. The van der Waals surface area contributed by atoms with Gasteiger partial charge in [0, 0.05) is 30.7 Å². The van der Waals surface area contributed by atoms with E-state index in [4.69, 9.17) is 0 Å². The smallest absolute Gasteiger partial charge is 0.225 e. The van der Waals surface area contributed by atoms with Crippen molar-refractivity contribution in [1.82, 2.24) is 19.6 Å². The number of carbonyl (C=O) groups excluding carboxylic acids is 2. The fourth-order valence-corrected chi connectivity index (χ4v) is 5.15. The van der Waals surface area contributed by atoms with Gasteiger partial charge in [-0.2, -0.15) is 0 Å². The lowest BCUT2D eigenvalue weighted by molar-refractivity contribution is -0.144. The average Bonchev–Trinajstić information content (AvgIpc) is 3.42. The number of carbonyl (C=O) groups is 2. The monoisotopic (exact) mass is 444 g/mol. The van der Waals surface area contributed by atoms with Crippen molar-refractivity contribution in [3.63, 3.8) is 0 Å². The average molecular weight is 445 g/mol. The molecule has 1 aliphatic heterocycles. The largest absolute Gasteiger partial charge is 0.350 e. The van der Waals surface area contributed by atoms with Crippen LogP contribution in [-0.2, 0) is 22.7 Å². The van der Waals surface area contributed by atoms with Gasteiger partial charge in [0.2, 0.25) is 11.8 Å². The molecule has 5 rings (SSSR count). The van der Waals surface area contributed by atoms with Gasteiger partial charge >= 0.3 is 0 Å². The highest BCUT2D eigenvalue weighted by Crippen LogP contribution is 2.38. The number of rotatable bonds is 6. The summed E-state index contributed by atoms with van der Waals surface area (Å²) in [5.41, 5.74) is 2.87. The molecule has 1 fully saturated rings. The highest BCUT2D eigenvalue weighted by atomic mass is 32.1. The van der Waals surface area contributed by atoms with Crippen LogP contribution in [0.1, 0.15) is 35.7 Å². The molecule has 2 aromatic heterocycles. The summed E-state index contributed by atoms with van der Waals surface area (Å²) >= 11 is 1.56. The van der Waals surface area contributed by atoms with Gasteiger partial charge in [0.1, 0.15) is 0 Å². The number of piperidine rings is 1. The van der Waals surface area contributed by atoms with Gasteiger partial charge in [-0.25, -0.2) is 4.98 Å². The van der Waals surface area contributed by atoms with Crippen molar-refractivity contribution in [1.29, 1.82) is 0 Å². The van der Waals surface area contributed by atoms with Gasteiger partial charge < -0.3 is 10.2 Å². The van der Waals surface area contributed by atoms with Gasteiger partial charge in [-0.1, -0.05) is 60.7 Å². The van der Waals surface area contributed by atoms with Crippen LogP contribution in [0.4, 0.5) is 0 Å². The summed E-state index contributed by atoms with van der Waals surface area (Å²) in [7, 11) is 0. The lowest BCUT2D eigenvalue weighted by Gasteiger charge is -2.41. The van der Waals surface area contributed by atoms with Crippen molar-refractivity contribution in [2.24, 2.45) is 5.92 Å². The zero-order chi connectivity index (χ0) is 21.9. The SMILES string of the molecule is O=C(NCc1cn2ccsc2n1)C1CCC(=O)N(Cc2ccccc2)C1c1ccccc1. The number of nitrogens with one attached hydrogen (secondary N) is 1. The molecule has 0 radical (unpaired) electrons. The number of benzene rings is 2. The molecule has 1 N–H and O–H groups in total. The van der Waals surface area contributed by atoms with E-state index in [2.05, 4.69) is 10.3 Å². The fourth-order valence-electron chi connectivity index (χ4n) is 4.43. The molecule has 2 amide bonds. The second kappa shape index (κ2) is 8.96. The Kier molecular flexibility index (Phi) is 5.73. The lowest BCUT2D eigenvalue weighted by atomic mass is 9.83. The molecule has 7 heteroatoms. The van der Waals surface area contributed by atoms with Crippen LogP contribution in [0.15, 0.2) is 78.4 Å². The number of thiazole rings is 1. The summed E-state index contributed by atoms with van der Waals surface area (Å²) in [6.07, 6.45) is 4.80. The highest BCUT2D eigenvalue weighted by molar-refractivity contribution is 7.15. The van der Waals surface area contributed by atoms with Crippen molar-refractivity contribution < 1.29 is 9.59 Å². The van der Waals surface area contributed by atoms with Gasteiger partial charge in [0.25, 0.3) is 0 Å². The summed E-state index contributed by atoms with van der Waals surface area (Å²) in [4.78, 5) is 33.6.